The standard InChI is InChI=1S/C17H22O3S/c1-2-3-4-5-6-10-15-13-12-14-9-7-8-11-16(14)17(15)21(18,19)20/h7-9,11-13H,2-6,10H2,1H3,(H,18,19,20). The molecule has 0 aromatic heterocycles. The van der Waals surface area contributed by atoms with Crippen molar-refractivity contribution in [2.75, 3.05) is 0 Å². The van der Waals surface area contributed by atoms with E-state index in [1.165, 1.54) is 19.3 Å². The van der Waals surface area contributed by atoms with E-state index < -0.39 is 10.1 Å². The number of hydrogen-bond donors (Lipinski definition) is 1. The van der Waals surface area contributed by atoms with Crippen LogP contribution < -0.4 is 0 Å². The van der Waals surface area contributed by atoms with E-state index in [4.69, 9.17) is 0 Å². The highest BCUT2D eigenvalue weighted by Gasteiger charge is 2.18. The lowest BCUT2D eigenvalue weighted by atomic mass is 10.0. The predicted octanol–water partition coefficient (Wildman–Crippen LogP) is 4.60. The zero-order valence-electron chi connectivity index (χ0n) is 12.4. The molecule has 21 heavy (non-hydrogen) atoms. The van der Waals surface area contributed by atoms with Gasteiger partial charge in [-0.3, -0.25) is 4.55 Å². The lowest BCUT2D eigenvalue weighted by molar-refractivity contribution is 0.483. The van der Waals surface area contributed by atoms with Gasteiger partial charge in [-0.2, -0.15) is 8.42 Å². The third-order valence-corrected chi connectivity index (χ3v) is 4.77. The average molecular weight is 306 g/mol. The van der Waals surface area contributed by atoms with Crippen molar-refractivity contribution in [2.45, 2.75) is 50.3 Å². The van der Waals surface area contributed by atoms with Crippen LogP contribution in [0.1, 0.15) is 44.6 Å². The summed E-state index contributed by atoms with van der Waals surface area (Å²) >= 11 is 0. The average Bonchev–Trinajstić information content (AvgIpc) is 2.45. The Bertz CT molecular complexity index is 705. The van der Waals surface area contributed by atoms with Gasteiger partial charge < -0.3 is 0 Å². The molecule has 0 aliphatic carbocycles. The molecule has 0 atom stereocenters. The Morgan fingerprint density at radius 2 is 1.67 bits per heavy atom. The molecule has 0 radical (unpaired) electrons. The summed E-state index contributed by atoms with van der Waals surface area (Å²) in [7, 11) is -4.21. The molecule has 0 amide bonds. The molecule has 0 spiro atoms. The third kappa shape index (κ3) is 4.05. The Balaban J connectivity index is 2.31. The number of benzene rings is 2. The van der Waals surface area contributed by atoms with Gasteiger partial charge in [-0.1, -0.05) is 69.0 Å². The normalized spacial score (nSPS) is 11.9. The number of fused-ring (bicyclic) bond motifs is 1. The van der Waals surface area contributed by atoms with Gasteiger partial charge in [0, 0.05) is 5.39 Å². The molecule has 2 rings (SSSR count). The van der Waals surface area contributed by atoms with E-state index in [0.29, 0.717) is 17.4 Å². The minimum Gasteiger partial charge on any atom is -0.282 e. The molecule has 1 N–H and O–H groups in total. The van der Waals surface area contributed by atoms with Crippen LogP contribution in [0.5, 0.6) is 0 Å². The molecular formula is C17H22O3S. The Hall–Kier alpha value is -1.39. The summed E-state index contributed by atoms with van der Waals surface area (Å²) in [6.07, 6.45) is 6.29. The summed E-state index contributed by atoms with van der Waals surface area (Å²) in [5.74, 6) is 0. The van der Waals surface area contributed by atoms with E-state index in [1.54, 1.807) is 12.1 Å². The van der Waals surface area contributed by atoms with Crippen LogP contribution in [-0.2, 0) is 16.5 Å². The summed E-state index contributed by atoms with van der Waals surface area (Å²) in [6.45, 7) is 2.17. The minimum atomic E-state index is -4.21. The molecule has 0 heterocycles. The molecule has 0 saturated heterocycles. The largest absolute Gasteiger partial charge is 0.295 e. The molecule has 4 heteroatoms. The first-order chi connectivity index (χ1) is 10.0. The van der Waals surface area contributed by atoms with Crippen LogP contribution in [-0.4, -0.2) is 13.0 Å². The van der Waals surface area contributed by atoms with Crippen molar-refractivity contribution in [3.63, 3.8) is 0 Å². The van der Waals surface area contributed by atoms with Gasteiger partial charge in [0.2, 0.25) is 0 Å². The second-order valence-electron chi connectivity index (χ2n) is 5.41. The van der Waals surface area contributed by atoms with Gasteiger partial charge in [0.05, 0.1) is 0 Å². The van der Waals surface area contributed by atoms with Gasteiger partial charge >= 0.3 is 0 Å². The summed E-state index contributed by atoms with van der Waals surface area (Å²) in [5, 5.41) is 1.44. The molecule has 3 nitrogen and oxygen atoms in total. The third-order valence-electron chi connectivity index (χ3n) is 3.77. The molecular weight excluding hydrogens is 284 g/mol. The van der Waals surface area contributed by atoms with Gasteiger partial charge in [-0.15, -0.1) is 0 Å². The fourth-order valence-electron chi connectivity index (χ4n) is 2.71. The van der Waals surface area contributed by atoms with Gasteiger partial charge in [0.1, 0.15) is 4.90 Å². The second kappa shape index (κ2) is 7.05. The molecule has 2 aromatic carbocycles. The fraction of sp³-hybridized carbons (Fsp3) is 0.412. The Morgan fingerprint density at radius 1 is 0.952 bits per heavy atom. The second-order valence-corrected chi connectivity index (χ2v) is 6.77. The number of hydrogen-bond acceptors (Lipinski definition) is 2. The smallest absolute Gasteiger partial charge is 0.282 e. The monoisotopic (exact) mass is 306 g/mol. The molecule has 0 aliphatic rings. The zero-order chi connectivity index (χ0) is 15.3. The highest BCUT2D eigenvalue weighted by Crippen LogP contribution is 2.28. The topological polar surface area (TPSA) is 54.4 Å². The minimum absolute atomic E-state index is 0.0797. The summed E-state index contributed by atoms with van der Waals surface area (Å²) in [4.78, 5) is 0.0797. The predicted molar refractivity (Wildman–Crippen MR) is 86.2 cm³/mol. The summed E-state index contributed by atoms with van der Waals surface area (Å²) < 4.78 is 33.1. The van der Waals surface area contributed by atoms with Crippen molar-refractivity contribution < 1.29 is 13.0 Å². The molecule has 2 aromatic rings. The Morgan fingerprint density at radius 3 is 2.38 bits per heavy atom. The van der Waals surface area contributed by atoms with Crippen LogP contribution in [0.4, 0.5) is 0 Å². The van der Waals surface area contributed by atoms with E-state index in [0.717, 1.165) is 18.2 Å². The van der Waals surface area contributed by atoms with E-state index >= 15 is 0 Å². The lowest BCUT2D eigenvalue weighted by Gasteiger charge is -2.10. The summed E-state index contributed by atoms with van der Waals surface area (Å²) in [6, 6.07) is 11.0. The van der Waals surface area contributed by atoms with Crippen molar-refractivity contribution >= 4 is 20.9 Å². The van der Waals surface area contributed by atoms with Crippen molar-refractivity contribution in [1.82, 2.24) is 0 Å². The fourth-order valence-corrected chi connectivity index (χ4v) is 3.67. The van der Waals surface area contributed by atoms with Crippen molar-refractivity contribution in [2.24, 2.45) is 0 Å². The van der Waals surface area contributed by atoms with Crippen LogP contribution in [0.2, 0.25) is 0 Å². The van der Waals surface area contributed by atoms with E-state index in [-0.39, 0.29) is 4.90 Å². The van der Waals surface area contributed by atoms with Crippen LogP contribution in [0.25, 0.3) is 10.8 Å². The summed E-state index contributed by atoms with van der Waals surface area (Å²) in [5.41, 5.74) is 0.715. The Labute approximate surface area is 126 Å². The van der Waals surface area contributed by atoms with E-state index in [2.05, 4.69) is 6.92 Å². The number of unbranched alkanes of at least 4 members (excludes halogenated alkanes) is 4. The highest BCUT2D eigenvalue weighted by atomic mass is 32.2. The van der Waals surface area contributed by atoms with Gasteiger partial charge in [-0.25, -0.2) is 0 Å². The van der Waals surface area contributed by atoms with Crippen LogP contribution >= 0.6 is 0 Å². The first kappa shape index (κ1) is 16.0. The van der Waals surface area contributed by atoms with Crippen LogP contribution in [0, 0.1) is 0 Å². The van der Waals surface area contributed by atoms with E-state index in [1.807, 2.05) is 24.3 Å². The first-order valence-electron chi connectivity index (χ1n) is 7.52. The molecule has 0 fully saturated rings. The van der Waals surface area contributed by atoms with Gasteiger partial charge in [0.25, 0.3) is 10.1 Å². The maximum absolute atomic E-state index is 11.8. The molecule has 114 valence electrons. The lowest BCUT2D eigenvalue weighted by Crippen LogP contribution is -2.04. The van der Waals surface area contributed by atoms with Crippen LogP contribution in [0.15, 0.2) is 41.3 Å². The van der Waals surface area contributed by atoms with Crippen molar-refractivity contribution in [3.05, 3.63) is 42.0 Å². The quantitative estimate of drug-likeness (QED) is 0.601. The maximum Gasteiger partial charge on any atom is 0.295 e. The number of rotatable bonds is 7. The van der Waals surface area contributed by atoms with Crippen molar-refractivity contribution in [1.29, 1.82) is 0 Å². The van der Waals surface area contributed by atoms with Gasteiger partial charge in [-0.05, 0) is 23.8 Å². The van der Waals surface area contributed by atoms with Crippen molar-refractivity contribution in [3.8, 4) is 0 Å². The zero-order valence-corrected chi connectivity index (χ0v) is 13.2. The molecule has 0 unspecified atom stereocenters. The Kier molecular flexibility index (Phi) is 5.37. The van der Waals surface area contributed by atoms with E-state index in [9.17, 15) is 13.0 Å². The van der Waals surface area contributed by atoms with Gasteiger partial charge in [0.15, 0.2) is 0 Å². The maximum atomic E-state index is 11.8. The molecule has 0 bridgehead atoms. The molecule has 0 saturated carbocycles. The SMILES string of the molecule is CCCCCCCc1ccc2ccccc2c1S(=O)(=O)O. The first-order valence-corrected chi connectivity index (χ1v) is 8.96. The highest BCUT2D eigenvalue weighted by molar-refractivity contribution is 7.86. The van der Waals surface area contributed by atoms with Crippen LogP contribution in [0.3, 0.4) is 0 Å². The molecule has 0 aliphatic heterocycles. The number of aryl methyl sites for hydroxylation is 1.